The highest BCUT2D eigenvalue weighted by molar-refractivity contribution is 8.13. The minimum atomic E-state index is -0.205. The van der Waals surface area contributed by atoms with Crippen LogP contribution in [0.3, 0.4) is 0 Å². The second-order valence-electron chi connectivity index (χ2n) is 8.61. The van der Waals surface area contributed by atoms with Crippen LogP contribution in [0.15, 0.2) is 48.8 Å². The molecule has 0 spiro atoms. The van der Waals surface area contributed by atoms with E-state index in [1.54, 1.807) is 0 Å². The number of benzene rings is 1. The van der Waals surface area contributed by atoms with Crippen LogP contribution in [0.5, 0.6) is 0 Å². The van der Waals surface area contributed by atoms with Gasteiger partial charge in [-0.2, -0.15) is 0 Å². The van der Waals surface area contributed by atoms with Gasteiger partial charge in [0.2, 0.25) is 0 Å². The Kier molecular flexibility index (Phi) is 10.1. The number of anilines is 1. The molecule has 0 radical (unpaired) electrons. The van der Waals surface area contributed by atoms with Crippen LogP contribution in [-0.4, -0.2) is 63.4 Å². The Morgan fingerprint density at radius 1 is 1.06 bits per heavy atom. The van der Waals surface area contributed by atoms with E-state index in [9.17, 15) is 4.79 Å². The number of pyridine rings is 1. The van der Waals surface area contributed by atoms with Gasteiger partial charge in [-0.15, -0.1) is 0 Å². The Bertz CT molecular complexity index is 827. The van der Waals surface area contributed by atoms with Crippen LogP contribution in [0.2, 0.25) is 0 Å². The maximum atomic E-state index is 11.4. The summed E-state index contributed by atoms with van der Waals surface area (Å²) in [7, 11) is 8.86. The Morgan fingerprint density at radius 2 is 1.68 bits per heavy atom. The van der Waals surface area contributed by atoms with Gasteiger partial charge in [0.1, 0.15) is 0 Å². The van der Waals surface area contributed by atoms with E-state index in [1.807, 2.05) is 19.3 Å². The van der Waals surface area contributed by atoms with Crippen LogP contribution in [0.4, 0.5) is 10.5 Å². The van der Waals surface area contributed by atoms with Crippen LogP contribution < -0.4 is 9.47 Å². The number of carbonyl (C=O) groups is 1. The number of aryl methyl sites for hydroxylation is 1. The SMILES string of the molecule is CCOC(=O)SCC[n+]1ccc(/C=C/c2ccc(N(C)CCC[N+](C)(C)C)cc2)cc1. The minimum Gasteiger partial charge on any atom is -0.458 e. The average Bonchev–Trinajstić information content (AvgIpc) is 2.73. The van der Waals surface area contributed by atoms with Crippen molar-refractivity contribution in [1.82, 2.24) is 0 Å². The Morgan fingerprint density at radius 3 is 2.26 bits per heavy atom. The third-order valence-electron chi connectivity index (χ3n) is 4.87. The van der Waals surface area contributed by atoms with E-state index in [1.165, 1.54) is 36.0 Å². The quantitative estimate of drug-likeness (QED) is 0.289. The topological polar surface area (TPSA) is 33.4 Å². The van der Waals surface area contributed by atoms with Crippen molar-refractivity contribution in [2.75, 3.05) is 58.5 Å². The molecule has 0 saturated heterocycles. The van der Waals surface area contributed by atoms with Gasteiger partial charge in [0.25, 0.3) is 0 Å². The number of thioether (sulfide) groups is 1. The number of ether oxygens (including phenoxy) is 1. The number of carbonyl (C=O) groups excluding carboxylic acids is 1. The summed E-state index contributed by atoms with van der Waals surface area (Å²) in [6, 6.07) is 12.9. The molecule has 2 aromatic rings. The normalized spacial score (nSPS) is 11.6. The lowest BCUT2D eigenvalue weighted by molar-refractivity contribution is -0.870. The molecular weight excluding hydrogens is 406 g/mol. The van der Waals surface area contributed by atoms with Crippen molar-refractivity contribution in [3.63, 3.8) is 0 Å². The summed E-state index contributed by atoms with van der Waals surface area (Å²) < 4.78 is 8.00. The fraction of sp³-hybridized carbons (Fsp3) is 0.440. The molecule has 1 heterocycles. The van der Waals surface area contributed by atoms with E-state index < -0.39 is 0 Å². The fourth-order valence-corrected chi connectivity index (χ4v) is 3.74. The van der Waals surface area contributed by atoms with Gasteiger partial charge >= 0.3 is 5.30 Å². The van der Waals surface area contributed by atoms with Gasteiger partial charge in [0, 0.05) is 37.8 Å². The van der Waals surface area contributed by atoms with Crippen molar-refractivity contribution in [3.8, 4) is 0 Å². The Balaban J connectivity index is 1.81. The molecular formula is C25H37N3O2S+2. The highest BCUT2D eigenvalue weighted by atomic mass is 32.2. The molecule has 2 rings (SSSR count). The number of hydrogen-bond donors (Lipinski definition) is 0. The summed E-state index contributed by atoms with van der Waals surface area (Å²) in [6.45, 7) is 5.26. The van der Waals surface area contributed by atoms with E-state index >= 15 is 0 Å². The number of aromatic nitrogens is 1. The standard InChI is InChI=1S/C25H37N3O2S/c1-6-30-25(29)31-21-19-27-17-14-23(15-18-27)9-8-22-10-12-24(13-11-22)26(2)16-7-20-28(3,4)5/h8-15,17-18H,6-7,16,19-21H2,1-5H3/q+2. The lowest BCUT2D eigenvalue weighted by atomic mass is 10.1. The monoisotopic (exact) mass is 443 g/mol. The smallest absolute Gasteiger partial charge is 0.367 e. The molecule has 0 N–H and O–H groups in total. The van der Waals surface area contributed by atoms with E-state index in [2.05, 4.69) is 86.2 Å². The van der Waals surface area contributed by atoms with E-state index in [0.717, 1.165) is 23.1 Å². The fourth-order valence-electron chi connectivity index (χ4n) is 3.07. The number of rotatable bonds is 11. The van der Waals surface area contributed by atoms with Crippen molar-refractivity contribution in [2.45, 2.75) is 19.9 Å². The summed E-state index contributed by atoms with van der Waals surface area (Å²) in [6.07, 6.45) is 9.52. The highest BCUT2D eigenvalue weighted by Crippen LogP contribution is 2.16. The summed E-state index contributed by atoms with van der Waals surface area (Å²) in [4.78, 5) is 13.7. The van der Waals surface area contributed by atoms with Crippen LogP contribution >= 0.6 is 11.8 Å². The molecule has 0 aliphatic heterocycles. The van der Waals surface area contributed by atoms with Crippen molar-refractivity contribution in [3.05, 3.63) is 59.9 Å². The summed E-state index contributed by atoms with van der Waals surface area (Å²) in [5, 5.41) is -0.205. The lowest BCUT2D eigenvalue weighted by Gasteiger charge is -2.26. The third kappa shape index (κ3) is 10.0. The maximum Gasteiger partial charge on any atom is 0.367 e. The van der Waals surface area contributed by atoms with Crippen LogP contribution in [0, 0.1) is 0 Å². The predicted octanol–water partition coefficient (Wildman–Crippen LogP) is 4.57. The third-order valence-corrected chi connectivity index (χ3v) is 5.61. The van der Waals surface area contributed by atoms with Gasteiger partial charge in [-0.3, -0.25) is 0 Å². The molecule has 0 unspecified atom stereocenters. The van der Waals surface area contributed by atoms with Gasteiger partial charge in [0.05, 0.1) is 40.0 Å². The molecule has 0 aliphatic carbocycles. The first-order chi connectivity index (χ1) is 14.8. The first-order valence-corrected chi connectivity index (χ1v) is 11.8. The van der Waals surface area contributed by atoms with Crippen molar-refractivity contribution in [1.29, 1.82) is 0 Å². The second kappa shape index (κ2) is 12.5. The molecule has 6 heteroatoms. The molecule has 5 nitrogen and oxygen atoms in total. The molecule has 0 atom stereocenters. The summed E-state index contributed by atoms with van der Waals surface area (Å²) >= 11 is 1.22. The van der Waals surface area contributed by atoms with Crippen molar-refractivity contribution in [2.24, 2.45) is 0 Å². The van der Waals surface area contributed by atoms with Crippen LogP contribution in [0.1, 0.15) is 24.5 Å². The summed E-state index contributed by atoms with van der Waals surface area (Å²) in [5.41, 5.74) is 3.59. The van der Waals surface area contributed by atoms with E-state index in [-0.39, 0.29) is 5.30 Å². The Labute approximate surface area is 191 Å². The van der Waals surface area contributed by atoms with Gasteiger partial charge in [0.15, 0.2) is 18.9 Å². The number of quaternary nitrogens is 1. The van der Waals surface area contributed by atoms with E-state index in [0.29, 0.717) is 12.4 Å². The molecule has 1 aromatic heterocycles. The molecule has 0 saturated carbocycles. The zero-order valence-electron chi connectivity index (χ0n) is 19.6. The predicted molar refractivity (Wildman–Crippen MR) is 132 cm³/mol. The molecule has 0 amide bonds. The highest BCUT2D eigenvalue weighted by Gasteiger charge is 2.08. The number of nitrogens with zero attached hydrogens (tertiary/aromatic N) is 3. The second-order valence-corrected chi connectivity index (χ2v) is 9.64. The van der Waals surface area contributed by atoms with Crippen molar-refractivity contribution >= 4 is 34.9 Å². The zero-order chi connectivity index (χ0) is 22.7. The molecule has 168 valence electrons. The van der Waals surface area contributed by atoms with E-state index in [4.69, 9.17) is 4.74 Å². The lowest BCUT2D eigenvalue weighted by Crippen LogP contribution is -2.37. The molecule has 0 bridgehead atoms. The first-order valence-electron chi connectivity index (χ1n) is 10.9. The van der Waals surface area contributed by atoms with Gasteiger partial charge < -0.3 is 14.1 Å². The summed E-state index contributed by atoms with van der Waals surface area (Å²) in [5.74, 6) is 0.703. The van der Waals surface area contributed by atoms with Crippen LogP contribution in [0.25, 0.3) is 12.2 Å². The van der Waals surface area contributed by atoms with Crippen LogP contribution in [-0.2, 0) is 11.3 Å². The maximum absolute atomic E-state index is 11.4. The van der Waals surface area contributed by atoms with Crippen molar-refractivity contribution < 1.29 is 18.6 Å². The van der Waals surface area contributed by atoms with Gasteiger partial charge in [-0.25, -0.2) is 9.36 Å². The average molecular weight is 444 g/mol. The minimum absolute atomic E-state index is 0.205. The first kappa shape index (κ1) is 25.0. The molecule has 31 heavy (non-hydrogen) atoms. The Hall–Kier alpha value is -2.31. The molecule has 1 aromatic carbocycles. The van der Waals surface area contributed by atoms with Gasteiger partial charge in [-0.1, -0.05) is 24.3 Å². The molecule has 0 fully saturated rings. The van der Waals surface area contributed by atoms with Gasteiger partial charge in [-0.05, 0) is 41.9 Å². The largest absolute Gasteiger partial charge is 0.458 e. The molecule has 0 aliphatic rings. The number of hydrogen-bond acceptors (Lipinski definition) is 4. The zero-order valence-corrected chi connectivity index (χ0v) is 20.4.